The van der Waals surface area contributed by atoms with E-state index in [9.17, 15) is 0 Å². The predicted octanol–water partition coefficient (Wildman–Crippen LogP) is 2.70. The molecule has 5 nitrogen and oxygen atoms in total. The summed E-state index contributed by atoms with van der Waals surface area (Å²) < 4.78 is 10.7. The van der Waals surface area contributed by atoms with Gasteiger partial charge in [0.2, 0.25) is 5.88 Å². The van der Waals surface area contributed by atoms with Crippen molar-refractivity contribution in [3.8, 4) is 5.88 Å². The van der Waals surface area contributed by atoms with E-state index < -0.39 is 0 Å². The van der Waals surface area contributed by atoms with Gasteiger partial charge in [-0.05, 0) is 30.7 Å². The highest BCUT2D eigenvalue weighted by atomic mass is 16.5. The van der Waals surface area contributed by atoms with Crippen molar-refractivity contribution in [3.63, 3.8) is 0 Å². The van der Waals surface area contributed by atoms with Crippen molar-refractivity contribution in [2.45, 2.75) is 19.8 Å². The summed E-state index contributed by atoms with van der Waals surface area (Å²) in [4.78, 5) is 4.34. The smallest absolute Gasteiger partial charge is 0.239 e. The zero-order valence-electron chi connectivity index (χ0n) is 11.1. The molecule has 0 saturated heterocycles. The Labute approximate surface area is 112 Å². The van der Waals surface area contributed by atoms with Gasteiger partial charge in [0.05, 0.1) is 18.6 Å². The molecular weight excluding hydrogens is 242 g/mol. The summed E-state index contributed by atoms with van der Waals surface area (Å²) in [5.74, 6) is 2.20. The average molecular weight is 261 g/mol. The Morgan fingerprint density at radius 3 is 3.00 bits per heavy atom. The van der Waals surface area contributed by atoms with Gasteiger partial charge < -0.3 is 20.2 Å². The molecule has 0 saturated carbocycles. The Bertz CT molecular complexity index is 497. The van der Waals surface area contributed by atoms with E-state index in [0.29, 0.717) is 18.2 Å². The number of nitrogens with zero attached hydrogens (tertiary/aromatic N) is 1. The standard InChI is InChI=1S/C14H19N3O2/c1-2-9-19-14-12(15)5-6-13(17-14)16-8-7-11-4-3-10-18-11/h3-6,10H,2,7-9,15H2,1H3,(H,16,17). The van der Waals surface area contributed by atoms with Crippen molar-refractivity contribution in [2.75, 3.05) is 24.2 Å². The third-order valence-corrected chi connectivity index (χ3v) is 2.59. The Morgan fingerprint density at radius 1 is 1.37 bits per heavy atom. The van der Waals surface area contributed by atoms with Gasteiger partial charge in [0, 0.05) is 13.0 Å². The van der Waals surface area contributed by atoms with Gasteiger partial charge >= 0.3 is 0 Å². The summed E-state index contributed by atoms with van der Waals surface area (Å²) in [6, 6.07) is 7.48. The number of rotatable bonds is 7. The van der Waals surface area contributed by atoms with E-state index in [1.807, 2.05) is 25.1 Å². The molecule has 19 heavy (non-hydrogen) atoms. The summed E-state index contributed by atoms with van der Waals surface area (Å²) >= 11 is 0. The quantitative estimate of drug-likeness (QED) is 0.801. The Morgan fingerprint density at radius 2 is 2.26 bits per heavy atom. The van der Waals surface area contributed by atoms with E-state index >= 15 is 0 Å². The molecule has 2 aromatic rings. The molecule has 0 aliphatic carbocycles. The zero-order chi connectivity index (χ0) is 13.5. The maximum Gasteiger partial charge on any atom is 0.239 e. The second-order valence-electron chi connectivity index (χ2n) is 4.20. The van der Waals surface area contributed by atoms with Gasteiger partial charge in [-0.25, -0.2) is 0 Å². The molecule has 0 aliphatic heterocycles. The summed E-state index contributed by atoms with van der Waals surface area (Å²) in [6.07, 6.45) is 3.41. The second kappa shape index (κ2) is 6.68. The van der Waals surface area contributed by atoms with Gasteiger partial charge in [-0.3, -0.25) is 0 Å². The van der Waals surface area contributed by atoms with Crippen molar-refractivity contribution in [1.29, 1.82) is 0 Å². The van der Waals surface area contributed by atoms with Gasteiger partial charge in [-0.15, -0.1) is 0 Å². The number of nitrogens with two attached hydrogens (primary N) is 1. The van der Waals surface area contributed by atoms with Crippen LogP contribution in [0.3, 0.4) is 0 Å². The van der Waals surface area contributed by atoms with Gasteiger partial charge in [0.15, 0.2) is 0 Å². The van der Waals surface area contributed by atoms with Crippen LogP contribution < -0.4 is 15.8 Å². The van der Waals surface area contributed by atoms with Crippen LogP contribution in [0.25, 0.3) is 0 Å². The Kier molecular flexibility index (Phi) is 4.66. The molecule has 0 unspecified atom stereocenters. The lowest BCUT2D eigenvalue weighted by Crippen LogP contribution is -2.08. The van der Waals surface area contributed by atoms with Crippen LogP contribution in [-0.4, -0.2) is 18.1 Å². The van der Waals surface area contributed by atoms with E-state index in [4.69, 9.17) is 14.9 Å². The molecule has 2 rings (SSSR count). The molecule has 0 amide bonds. The second-order valence-corrected chi connectivity index (χ2v) is 4.20. The fourth-order valence-corrected chi connectivity index (χ4v) is 1.63. The molecule has 0 aliphatic rings. The van der Waals surface area contributed by atoms with Crippen molar-refractivity contribution >= 4 is 11.5 Å². The minimum Gasteiger partial charge on any atom is -0.476 e. The highest BCUT2D eigenvalue weighted by Gasteiger charge is 2.04. The maximum absolute atomic E-state index is 5.81. The van der Waals surface area contributed by atoms with Crippen LogP contribution in [-0.2, 0) is 6.42 Å². The van der Waals surface area contributed by atoms with Crippen LogP contribution in [0.5, 0.6) is 5.88 Å². The normalized spacial score (nSPS) is 10.4. The highest BCUT2D eigenvalue weighted by Crippen LogP contribution is 2.20. The third-order valence-electron chi connectivity index (χ3n) is 2.59. The van der Waals surface area contributed by atoms with Crippen molar-refractivity contribution in [1.82, 2.24) is 4.98 Å². The molecule has 0 spiro atoms. The first-order valence-electron chi connectivity index (χ1n) is 6.45. The molecular formula is C14H19N3O2. The number of anilines is 2. The van der Waals surface area contributed by atoms with Gasteiger partial charge in [-0.2, -0.15) is 4.98 Å². The number of aromatic nitrogens is 1. The lowest BCUT2D eigenvalue weighted by molar-refractivity contribution is 0.307. The molecule has 3 N–H and O–H groups in total. The summed E-state index contributed by atoms with van der Waals surface area (Å²) in [5, 5.41) is 3.22. The maximum atomic E-state index is 5.81. The third kappa shape index (κ3) is 3.91. The minimum atomic E-state index is 0.491. The van der Waals surface area contributed by atoms with E-state index in [1.54, 1.807) is 12.3 Å². The number of nitrogen functional groups attached to an aromatic ring is 1. The van der Waals surface area contributed by atoms with Gasteiger partial charge in [0.25, 0.3) is 0 Å². The Hall–Kier alpha value is -2.17. The number of ether oxygens (including phenoxy) is 1. The van der Waals surface area contributed by atoms with Crippen LogP contribution in [0.2, 0.25) is 0 Å². The van der Waals surface area contributed by atoms with E-state index in [2.05, 4.69) is 10.3 Å². The topological polar surface area (TPSA) is 73.3 Å². The van der Waals surface area contributed by atoms with Gasteiger partial charge in [0.1, 0.15) is 11.6 Å². The zero-order valence-corrected chi connectivity index (χ0v) is 11.1. The molecule has 0 aromatic carbocycles. The molecule has 0 fully saturated rings. The van der Waals surface area contributed by atoms with Crippen LogP contribution in [0.15, 0.2) is 34.9 Å². The van der Waals surface area contributed by atoms with Crippen molar-refractivity contribution in [3.05, 3.63) is 36.3 Å². The first kappa shape index (κ1) is 13.3. The number of hydrogen-bond donors (Lipinski definition) is 2. The number of nitrogens with one attached hydrogen (secondary N) is 1. The van der Waals surface area contributed by atoms with E-state index in [-0.39, 0.29) is 0 Å². The Balaban J connectivity index is 1.89. The highest BCUT2D eigenvalue weighted by molar-refractivity contribution is 5.53. The van der Waals surface area contributed by atoms with Crippen LogP contribution >= 0.6 is 0 Å². The molecule has 2 aromatic heterocycles. The SMILES string of the molecule is CCCOc1nc(NCCc2ccco2)ccc1N. The molecule has 102 valence electrons. The molecule has 0 atom stereocenters. The molecule has 0 radical (unpaired) electrons. The van der Waals surface area contributed by atoms with Gasteiger partial charge in [-0.1, -0.05) is 6.92 Å². The molecule has 2 heterocycles. The number of furan rings is 1. The molecule has 0 bridgehead atoms. The first-order valence-corrected chi connectivity index (χ1v) is 6.45. The monoisotopic (exact) mass is 261 g/mol. The van der Waals surface area contributed by atoms with Crippen molar-refractivity contribution < 1.29 is 9.15 Å². The summed E-state index contributed by atoms with van der Waals surface area (Å²) in [7, 11) is 0. The summed E-state index contributed by atoms with van der Waals surface area (Å²) in [5.41, 5.74) is 6.37. The first-order chi connectivity index (χ1) is 9.29. The minimum absolute atomic E-state index is 0.491. The fourth-order valence-electron chi connectivity index (χ4n) is 1.63. The number of pyridine rings is 1. The lowest BCUT2D eigenvalue weighted by atomic mass is 10.3. The van der Waals surface area contributed by atoms with E-state index in [1.165, 1.54) is 0 Å². The van der Waals surface area contributed by atoms with Crippen LogP contribution in [0, 0.1) is 0 Å². The predicted molar refractivity (Wildman–Crippen MR) is 75.3 cm³/mol. The average Bonchev–Trinajstić information content (AvgIpc) is 2.92. The molecule has 5 heteroatoms. The largest absolute Gasteiger partial charge is 0.476 e. The van der Waals surface area contributed by atoms with Crippen LogP contribution in [0.4, 0.5) is 11.5 Å². The summed E-state index contributed by atoms with van der Waals surface area (Å²) in [6.45, 7) is 3.41. The van der Waals surface area contributed by atoms with Crippen molar-refractivity contribution in [2.24, 2.45) is 0 Å². The lowest BCUT2D eigenvalue weighted by Gasteiger charge is -2.10. The number of hydrogen-bond acceptors (Lipinski definition) is 5. The van der Waals surface area contributed by atoms with E-state index in [0.717, 1.165) is 31.0 Å². The van der Waals surface area contributed by atoms with Crippen LogP contribution in [0.1, 0.15) is 19.1 Å². The fraction of sp³-hybridized carbons (Fsp3) is 0.357.